The number of para-hydroxylation sites is 1. The van der Waals surface area contributed by atoms with Gasteiger partial charge in [0.15, 0.2) is 5.82 Å². The first-order valence-corrected chi connectivity index (χ1v) is 12.0. The summed E-state index contributed by atoms with van der Waals surface area (Å²) in [6, 6.07) is 20.8. The average molecular weight is 513 g/mol. The van der Waals surface area contributed by atoms with Gasteiger partial charge in [0.05, 0.1) is 12.1 Å². The monoisotopic (exact) mass is 512 g/mol. The van der Waals surface area contributed by atoms with Gasteiger partial charge in [-0.05, 0) is 66.6 Å². The minimum atomic E-state index is -4.73. The molecule has 3 nitrogen and oxygen atoms in total. The van der Waals surface area contributed by atoms with Crippen LogP contribution in [0, 0.1) is 11.6 Å². The fourth-order valence-corrected chi connectivity index (χ4v) is 4.84. The van der Waals surface area contributed by atoms with E-state index in [1.165, 1.54) is 17.0 Å². The molecule has 0 fully saturated rings. The zero-order valence-electron chi connectivity index (χ0n) is 20.0. The largest absolute Gasteiger partial charge is 0.486 e. The van der Waals surface area contributed by atoms with Crippen LogP contribution in [0.3, 0.4) is 0 Å². The van der Waals surface area contributed by atoms with E-state index in [1.807, 2.05) is 18.2 Å². The maximum absolute atomic E-state index is 14.8. The van der Waals surface area contributed by atoms with Crippen molar-refractivity contribution in [3.05, 3.63) is 102 Å². The van der Waals surface area contributed by atoms with E-state index in [0.29, 0.717) is 19.0 Å². The van der Waals surface area contributed by atoms with Crippen LogP contribution in [-0.2, 0) is 6.18 Å². The molecule has 1 aliphatic rings. The highest BCUT2D eigenvalue weighted by atomic mass is 19.4. The summed E-state index contributed by atoms with van der Waals surface area (Å²) < 4.78 is 75.1. The summed E-state index contributed by atoms with van der Waals surface area (Å²) in [4.78, 5) is 1.37. The Balaban J connectivity index is 1.36. The summed E-state index contributed by atoms with van der Waals surface area (Å²) in [5.41, 5.74) is -0.0660. The lowest BCUT2D eigenvalue weighted by Gasteiger charge is -2.37. The molecule has 0 spiro atoms. The second-order valence-electron chi connectivity index (χ2n) is 9.17. The Morgan fingerprint density at radius 1 is 0.973 bits per heavy atom. The number of nitrogens with zero attached hydrogens (tertiary/aromatic N) is 1. The van der Waals surface area contributed by atoms with E-state index < -0.39 is 29.5 Å². The first-order valence-electron chi connectivity index (χ1n) is 12.0. The van der Waals surface area contributed by atoms with E-state index in [9.17, 15) is 22.0 Å². The smallest absolute Gasteiger partial charge is 0.416 e. The Labute approximate surface area is 211 Å². The van der Waals surface area contributed by atoms with Crippen LogP contribution in [0.1, 0.15) is 30.5 Å². The number of rotatable bonds is 6. The first-order chi connectivity index (χ1) is 17.7. The fourth-order valence-electron chi connectivity index (χ4n) is 4.84. The van der Waals surface area contributed by atoms with Gasteiger partial charge in [0.1, 0.15) is 23.4 Å². The predicted molar refractivity (Wildman–Crippen MR) is 134 cm³/mol. The van der Waals surface area contributed by atoms with Gasteiger partial charge in [-0.25, -0.2) is 8.78 Å². The molecule has 0 amide bonds. The molecule has 4 aromatic carbocycles. The van der Waals surface area contributed by atoms with Gasteiger partial charge in [0.25, 0.3) is 0 Å². The third kappa shape index (κ3) is 5.25. The van der Waals surface area contributed by atoms with E-state index in [1.54, 1.807) is 6.07 Å². The Morgan fingerprint density at radius 3 is 2.54 bits per heavy atom. The molecule has 0 radical (unpaired) electrons. The average Bonchev–Trinajstić information content (AvgIpc) is 2.87. The molecule has 0 saturated carbocycles. The lowest BCUT2D eigenvalue weighted by atomic mass is 9.99. The molecule has 2 unspecified atom stereocenters. The van der Waals surface area contributed by atoms with E-state index in [4.69, 9.17) is 4.74 Å². The van der Waals surface area contributed by atoms with Crippen molar-refractivity contribution in [3.63, 3.8) is 0 Å². The van der Waals surface area contributed by atoms with Crippen LogP contribution in [0.25, 0.3) is 10.8 Å². The molecule has 37 heavy (non-hydrogen) atoms. The SMILES string of the molecule is CC(NCCC1CN(c2cc(F)cc(C(F)(F)F)c2)c2c(F)cccc2O1)c1cccc2ccccc12. The van der Waals surface area contributed by atoms with Crippen molar-refractivity contribution in [1.29, 1.82) is 0 Å². The van der Waals surface area contributed by atoms with Crippen LogP contribution >= 0.6 is 0 Å². The highest BCUT2D eigenvalue weighted by molar-refractivity contribution is 5.86. The molecule has 1 heterocycles. The van der Waals surface area contributed by atoms with Crippen molar-refractivity contribution in [2.24, 2.45) is 0 Å². The van der Waals surface area contributed by atoms with Crippen LogP contribution in [0.5, 0.6) is 5.75 Å². The third-order valence-electron chi connectivity index (χ3n) is 6.63. The van der Waals surface area contributed by atoms with Gasteiger partial charge < -0.3 is 15.0 Å². The fraction of sp³-hybridized carbons (Fsp3) is 0.241. The number of benzene rings is 4. The normalized spacial score (nSPS) is 16.4. The van der Waals surface area contributed by atoms with Crippen LogP contribution in [0.15, 0.2) is 78.9 Å². The molecule has 0 bridgehead atoms. The van der Waals surface area contributed by atoms with Crippen molar-refractivity contribution >= 4 is 22.1 Å². The second kappa shape index (κ2) is 10.0. The number of halogens is 5. The lowest BCUT2D eigenvalue weighted by molar-refractivity contribution is -0.137. The molecule has 0 aliphatic carbocycles. The highest BCUT2D eigenvalue weighted by Crippen LogP contribution is 2.42. The number of hydrogen-bond donors (Lipinski definition) is 1. The number of hydrogen-bond acceptors (Lipinski definition) is 3. The maximum Gasteiger partial charge on any atom is 0.416 e. The zero-order chi connectivity index (χ0) is 26.2. The minimum Gasteiger partial charge on any atom is -0.486 e. The Hall–Kier alpha value is -3.65. The molecule has 8 heteroatoms. The molecule has 192 valence electrons. The Morgan fingerprint density at radius 2 is 1.73 bits per heavy atom. The molecule has 1 N–H and O–H groups in total. The van der Waals surface area contributed by atoms with E-state index in [-0.39, 0.29) is 29.7 Å². The molecule has 5 rings (SSSR count). The van der Waals surface area contributed by atoms with Crippen LogP contribution in [-0.4, -0.2) is 19.2 Å². The standard InChI is InChI=1S/C29H25F5N2O/c1-18(24-9-4-7-19-6-2-3-8-25(19)24)35-13-12-23-17-36(28-26(31)10-5-11-27(28)37-23)22-15-20(29(32,33)34)14-21(30)16-22/h2-11,14-16,18,23,35H,12-13,17H2,1H3. The van der Waals surface area contributed by atoms with Gasteiger partial charge in [-0.1, -0.05) is 48.5 Å². The van der Waals surface area contributed by atoms with Crippen LogP contribution in [0.4, 0.5) is 33.3 Å². The molecule has 4 aromatic rings. The molecule has 1 aliphatic heterocycles. The van der Waals surface area contributed by atoms with Gasteiger partial charge in [-0.2, -0.15) is 13.2 Å². The summed E-state index contributed by atoms with van der Waals surface area (Å²) in [5.74, 6) is -1.50. The quantitative estimate of drug-likeness (QED) is 0.267. The maximum atomic E-state index is 14.8. The van der Waals surface area contributed by atoms with Crippen molar-refractivity contribution < 1.29 is 26.7 Å². The van der Waals surface area contributed by atoms with Crippen molar-refractivity contribution in [1.82, 2.24) is 5.32 Å². The second-order valence-corrected chi connectivity index (χ2v) is 9.17. The predicted octanol–water partition coefficient (Wildman–Crippen LogP) is 7.78. The number of anilines is 2. The summed E-state index contributed by atoms with van der Waals surface area (Å²) in [6.45, 7) is 2.68. The number of alkyl halides is 3. The topological polar surface area (TPSA) is 24.5 Å². The van der Waals surface area contributed by atoms with Crippen molar-refractivity contribution in [3.8, 4) is 5.75 Å². The molecular weight excluding hydrogens is 487 g/mol. The summed E-state index contributed by atoms with van der Waals surface area (Å²) >= 11 is 0. The Bertz CT molecular complexity index is 1420. The number of ether oxygens (including phenoxy) is 1. The summed E-state index contributed by atoms with van der Waals surface area (Å²) in [6.07, 6.45) is -4.69. The van der Waals surface area contributed by atoms with Crippen LogP contribution in [0.2, 0.25) is 0 Å². The van der Waals surface area contributed by atoms with Crippen LogP contribution < -0.4 is 15.0 Å². The number of fused-ring (bicyclic) bond motifs is 2. The van der Waals surface area contributed by atoms with E-state index in [0.717, 1.165) is 28.5 Å². The Kier molecular flexibility index (Phi) is 6.77. The van der Waals surface area contributed by atoms with Gasteiger partial charge in [0.2, 0.25) is 0 Å². The zero-order valence-corrected chi connectivity index (χ0v) is 20.0. The van der Waals surface area contributed by atoms with E-state index >= 15 is 0 Å². The highest BCUT2D eigenvalue weighted by Gasteiger charge is 2.34. The lowest BCUT2D eigenvalue weighted by Crippen LogP contribution is -2.40. The van der Waals surface area contributed by atoms with Gasteiger partial charge in [-0.15, -0.1) is 0 Å². The summed E-state index contributed by atoms with van der Waals surface area (Å²) in [7, 11) is 0. The van der Waals surface area contributed by atoms with Crippen molar-refractivity contribution in [2.75, 3.05) is 18.0 Å². The number of nitrogens with one attached hydrogen (secondary N) is 1. The minimum absolute atomic E-state index is 0.00504. The first kappa shape index (κ1) is 25.0. The van der Waals surface area contributed by atoms with Crippen molar-refractivity contribution in [2.45, 2.75) is 31.7 Å². The molecule has 2 atom stereocenters. The van der Waals surface area contributed by atoms with Gasteiger partial charge >= 0.3 is 6.18 Å². The third-order valence-corrected chi connectivity index (χ3v) is 6.63. The summed E-state index contributed by atoms with van der Waals surface area (Å²) in [5, 5.41) is 5.78. The molecule has 0 aromatic heterocycles. The molecular formula is C29H25F5N2O. The van der Waals surface area contributed by atoms with Gasteiger partial charge in [0, 0.05) is 11.7 Å². The molecule has 0 saturated heterocycles. The van der Waals surface area contributed by atoms with Gasteiger partial charge in [-0.3, -0.25) is 0 Å². The van der Waals surface area contributed by atoms with E-state index in [2.05, 4.69) is 36.5 Å².